The minimum Gasteiger partial charge on any atom is -0.756 e. The molecule has 0 spiro atoms. The molecule has 47 nitrogen and oxygen atoms in total. The zero-order valence-corrected chi connectivity index (χ0v) is 58.2. The van der Waals surface area contributed by atoms with E-state index in [0.29, 0.717) is 5.56 Å². The number of phosphoric ester groups is 1. The summed E-state index contributed by atoms with van der Waals surface area (Å²) in [6, 6.07) is 3.61. The molecule has 3 amide bonds. The highest BCUT2D eigenvalue weighted by Gasteiger charge is 2.60. The Morgan fingerprint density at radius 2 is 1.28 bits per heavy atom. The number of anilines is 1. The summed E-state index contributed by atoms with van der Waals surface area (Å²) < 4.78 is 95.7. The van der Waals surface area contributed by atoms with Gasteiger partial charge in [-0.25, -0.2) is 9.59 Å². The molecular formula is C60H87N7O40P-. The number of carboxylic acids is 1. The number of benzene rings is 1. The Morgan fingerprint density at radius 3 is 1.81 bits per heavy atom. The van der Waals surface area contributed by atoms with Crippen LogP contribution in [0.4, 0.5) is 5.82 Å². The van der Waals surface area contributed by atoms with Crippen molar-refractivity contribution in [2.45, 2.75) is 211 Å². The number of carbonyl (C=O) groups is 7. The van der Waals surface area contributed by atoms with E-state index in [9.17, 15) is 124 Å². The van der Waals surface area contributed by atoms with Gasteiger partial charge in [-0.05, 0) is 23.8 Å². The molecule has 7 heterocycles. The van der Waals surface area contributed by atoms with Crippen LogP contribution in [0.1, 0.15) is 48.8 Å². The van der Waals surface area contributed by atoms with Crippen molar-refractivity contribution in [3.63, 3.8) is 0 Å². The molecule has 6 aliphatic heterocycles. The van der Waals surface area contributed by atoms with Crippen LogP contribution in [-0.2, 0) is 111 Å². The average Bonchev–Trinajstić information content (AvgIpc) is 1.17. The molecule has 0 radical (unpaired) electrons. The summed E-state index contributed by atoms with van der Waals surface area (Å²) in [5.41, 5.74) is 5.03. The number of nitrogen functional groups attached to an aromatic ring is 1. The van der Waals surface area contributed by atoms with Crippen molar-refractivity contribution in [1.82, 2.24) is 30.8 Å². The number of nitrogens with zero attached hydrogens (tertiary/aromatic N) is 2. The Labute approximate surface area is 609 Å². The van der Waals surface area contributed by atoms with Gasteiger partial charge in [-0.1, -0.05) is 12.1 Å². The number of rotatable bonds is 36. The van der Waals surface area contributed by atoms with Gasteiger partial charge in [0, 0.05) is 64.6 Å². The van der Waals surface area contributed by atoms with E-state index in [1.54, 1.807) is 0 Å². The van der Waals surface area contributed by atoms with E-state index in [4.69, 9.17) is 76.4 Å². The van der Waals surface area contributed by atoms with Crippen molar-refractivity contribution in [3.8, 4) is 0 Å². The number of ether oxygens (including phenoxy) is 13. The number of aliphatic carboxylic acids is 1. The summed E-state index contributed by atoms with van der Waals surface area (Å²) in [7, 11) is -4.78. The fraction of sp³-hybridized carbons (Fsp3) is 0.717. The normalized spacial score (nSPS) is 37.5. The lowest BCUT2D eigenvalue weighted by molar-refractivity contribution is -0.398. The molecule has 2 aromatic rings. The van der Waals surface area contributed by atoms with Crippen molar-refractivity contribution in [2.75, 3.05) is 59.0 Å². The van der Waals surface area contributed by atoms with Gasteiger partial charge >= 0.3 is 11.7 Å². The predicted octanol–water partition coefficient (Wildman–Crippen LogP) is -12.8. The van der Waals surface area contributed by atoms with Gasteiger partial charge in [0.15, 0.2) is 43.6 Å². The molecule has 8 rings (SSSR count). The Balaban J connectivity index is 0.807. The van der Waals surface area contributed by atoms with Crippen molar-refractivity contribution >= 4 is 56.1 Å². The molecule has 0 saturated carbocycles. The molecule has 608 valence electrons. The van der Waals surface area contributed by atoms with Crippen LogP contribution in [0, 0.1) is 5.92 Å². The van der Waals surface area contributed by atoms with Gasteiger partial charge in [0.25, 0.3) is 32.5 Å². The minimum atomic E-state index is -5.97. The minimum absolute atomic E-state index is 0.0481. The summed E-state index contributed by atoms with van der Waals surface area (Å²) in [5, 5.41) is 173. The molecule has 108 heavy (non-hydrogen) atoms. The van der Waals surface area contributed by atoms with E-state index in [1.165, 1.54) is 31.4 Å². The number of aromatic nitrogens is 2. The summed E-state index contributed by atoms with van der Waals surface area (Å²) >= 11 is 0. The molecule has 1 aromatic heterocycles. The third-order valence-corrected chi connectivity index (χ3v) is 19.0. The second-order valence-corrected chi connectivity index (χ2v) is 26.8. The first-order chi connectivity index (χ1) is 51.1. The number of nitrogens with two attached hydrogens (primary N) is 1. The van der Waals surface area contributed by atoms with E-state index in [0.717, 1.165) is 30.7 Å². The molecule has 1 aromatic carbocycles. The van der Waals surface area contributed by atoms with Crippen LogP contribution in [0.3, 0.4) is 0 Å². The van der Waals surface area contributed by atoms with Gasteiger partial charge in [-0.2, -0.15) is 4.98 Å². The first-order valence-electron chi connectivity index (χ1n) is 33.1. The maximum Gasteiger partial charge on any atom is 0.364 e. The molecule has 6 saturated heterocycles. The molecule has 0 bridgehead atoms. The average molecular weight is 1580 g/mol. The summed E-state index contributed by atoms with van der Waals surface area (Å²) in [5.74, 6) is -10.4. The fourth-order valence-corrected chi connectivity index (χ4v) is 13.6. The number of phosphoric acid groups is 1. The van der Waals surface area contributed by atoms with Gasteiger partial charge in [0.05, 0.1) is 51.8 Å². The topological polar surface area (TPSA) is 711 Å². The van der Waals surface area contributed by atoms with Gasteiger partial charge in [0.1, 0.15) is 115 Å². The lowest BCUT2D eigenvalue weighted by Crippen LogP contribution is -2.70. The second-order valence-electron chi connectivity index (χ2n) is 25.5. The Hall–Kier alpha value is -6.54. The smallest absolute Gasteiger partial charge is 0.364 e. The van der Waals surface area contributed by atoms with Crippen molar-refractivity contribution in [2.24, 2.45) is 5.92 Å². The van der Waals surface area contributed by atoms with Crippen molar-refractivity contribution in [1.29, 1.82) is 0 Å². The number of carboxylic acid groups (broad SMARTS) is 1. The second kappa shape index (κ2) is 38.6. The molecule has 11 unspecified atom stereocenters. The highest BCUT2D eigenvalue weighted by atomic mass is 31.2. The number of amides is 3. The monoisotopic (exact) mass is 1580 g/mol. The summed E-state index contributed by atoms with van der Waals surface area (Å²) in [6.07, 6.45) is -50.8. The lowest BCUT2D eigenvalue weighted by atomic mass is 9.80. The van der Waals surface area contributed by atoms with Crippen molar-refractivity contribution < 1.29 is 190 Å². The SMILES string of the molecule is CO[C@@H]1C(CO)O[C@H](O[C@@H]2C(OC=O)O[C@@H](O[C@@H]3C(CO)O[C@H](O[C@@H]4C(OC=O)O[C@@H](OCCNC(=O)c5ccc(CNCC(=O)C[C@H]6C([C@H](O)[C@H](O)CO)O[C@](OP(=O)([O-])OC[C@H]7O[C@@H](n8ccc(N)nc8=O)C(O)[C@H]7O)(C(=O)O)C[C@H]6O)cc5)C(O)[C@H]4O)C(NC(C)=O)[C@H]3O)C(O)[C@H]2O)C(NC(C)=O)[C@H]1O. The number of Topliss-reactive ketones (excluding diaryl/α,β-unsaturated/α-hetero) is 1. The van der Waals surface area contributed by atoms with Gasteiger partial charge < -0.3 is 175 Å². The van der Waals surface area contributed by atoms with Crippen LogP contribution in [0.15, 0.2) is 41.3 Å². The zero-order chi connectivity index (χ0) is 79.4. The number of ketones is 1. The highest BCUT2D eigenvalue weighted by molar-refractivity contribution is 7.46. The van der Waals surface area contributed by atoms with E-state index < -0.39 is 279 Å². The van der Waals surface area contributed by atoms with Crippen molar-refractivity contribution in [3.05, 3.63) is 58.1 Å². The predicted molar refractivity (Wildman–Crippen MR) is 338 cm³/mol. The van der Waals surface area contributed by atoms with Crippen LogP contribution in [0.25, 0.3) is 0 Å². The Morgan fingerprint density at radius 1 is 0.722 bits per heavy atom. The van der Waals surface area contributed by atoms with E-state index in [2.05, 4.69) is 26.3 Å². The quantitative estimate of drug-likeness (QED) is 0.0171. The number of aliphatic hydroxyl groups excluding tert-OH is 14. The number of nitrogens with one attached hydrogen (secondary N) is 4. The fourth-order valence-electron chi connectivity index (χ4n) is 12.7. The van der Waals surface area contributed by atoms with Crippen LogP contribution < -0.4 is 37.6 Å². The zero-order valence-electron chi connectivity index (χ0n) is 57.3. The molecule has 21 N–H and O–H groups in total. The van der Waals surface area contributed by atoms with Gasteiger partial charge in [0.2, 0.25) is 24.4 Å². The largest absolute Gasteiger partial charge is 0.756 e. The standard InChI is InChI=1S/C60H88N7O40P/c1-22(73)64-34-38(80)46(93-3)30(17-69)99-52(34)103-49-41(83)44(86)55(105-57(49)96-21-72)101-47-31(18-70)100-53(35(39(47)81)65-23(2)74)102-48-40(82)43(85)54(104-56(48)95-20-71)94-11-9-63-50(87)25-6-4-24(5-7-25)14-62-15-26(75)12-27-28(76)13-60(58(88)89,106-45(27)36(78)29(77)16-68)107-108(91,92)97-19-32-37(79)42(84)51(98-32)67-10-8-33(61)66-59(67)90/h4-8,10,20-21,27-32,34-49,51-57,62,68-70,76-86H,9,11-19H2,1-3H3,(H,63,87)(H,64,73)(H,65,74)(H,88,89)(H,91,92)(H2,61,66,90)/p-1/t27-,28-,29-,30?,31?,32-,34?,35?,36-,37+,38-,39-,40-,41-,42?,43?,44?,45?,46-,47-,48+,49+,51-,52-,53-,54-,55-,56?,57?,60-/m1/s1. The van der Waals surface area contributed by atoms with E-state index in [1.807, 2.05) is 0 Å². The molecular weight excluding hydrogens is 1490 g/mol. The number of methoxy groups -OCH3 is 1. The maximum absolute atomic E-state index is 13.4. The molecule has 48 heteroatoms. The van der Waals surface area contributed by atoms with E-state index >= 15 is 0 Å². The van der Waals surface area contributed by atoms with Gasteiger partial charge in [-0.15, -0.1) is 0 Å². The third-order valence-electron chi connectivity index (χ3n) is 18.1. The van der Waals surface area contributed by atoms with Crippen LogP contribution in [-0.4, -0.2) is 353 Å². The van der Waals surface area contributed by atoms with E-state index in [-0.39, 0.29) is 37.4 Å². The third kappa shape index (κ3) is 20.8. The molecule has 0 aliphatic carbocycles. The highest BCUT2D eigenvalue weighted by Crippen LogP contribution is 2.50. The number of carbonyl (C=O) groups excluding carboxylic acids is 6. The summed E-state index contributed by atoms with van der Waals surface area (Å²) in [4.78, 5) is 117. The number of hydrogen-bond donors (Lipinski definition) is 20. The number of aliphatic hydroxyl groups is 14. The van der Waals surface area contributed by atoms with Crippen LogP contribution in [0.5, 0.6) is 0 Å². The maximum atomic E-state index is 13.4. The Bertz CT molecular complexity index is 3450. The molecule has 6 fully saturated rings. The van der Waals surface area contributed by atoms with Gasteiger partial charge in [-0.3, -0.25) is 42.4 Å². The van der Waals surface area contributed by atoms with Crippen LogP contribution in [0.2, 0.25) is 0 Å². The van der Waals surface area contributed by atoms with Crippen LogP contribution >= 0.6 is 7.82 Å². The molecule has 6 aliphatic rings. The summed E-state index contributed by atoms with van der Waals surface area (Å²) in [6.45, 7) is -3.68. The Kier molecular flexibility index (Phi) is 31.1. The number of hydrogen-bond acceptors (Lipinski definition) is 42. The first kappa shape index (κ1) is 87.0. The lowest BCUT2D eigenvalue weighted by Gasteiger charge is -2.49. The molecule has 31 atom stereocenters. The first-order valence-corrected chi connectivity index (χ1v) is 34.6.